The summed E-state index contributed by atoms with van der Waals surface area (Å²) in [7, 11) is 0. The van der Waals surface area contributed by atoms with Crippen molar-refractivity contribution in [2.45, 2.75) is 32.9 Å². The molecule has 0 spiro atoms. The van der Waals surface area contributed by atoms with Gasteiger partial charge in [0.05, 0.1) is 13.2 Å². The SMILES string of the molecule is CC(C)(C)C#CCC1(F)COC1. The smallest absolute Gasteiger partial charge is 0.168 e. The first-order valence-electron chi connectivity index (χ1n) is 4.18. The van der Waals surface area contributed by atoms with E-state index in [9.17, 15) is 4.39 Å². The van der Waals surface area contributed by atoms with Crippen molar-refractivity contribution in [2.75, 3.05) is 13.2 Å². The third-order valence-electron chi connectivity index (χ3n) is 1.59. The first-order chi connectivity index (χ1) is 5.41. The van der Waals surface area contributed by atoms with Gasteiger partial charge < -0.3 is 4.74 Å². The van der Waals surface area contributed by atoms with Crippen LogP contribution in [0.15, 0.2) is 0 Å². The molecule has 12 heavy (non-hydrogen) atoms. The summed E-state index contributed by atoms with van der Waals surface area (Å²) in [5.74, 6) is 5.86. The molecule has 0 atom stereocenters. The van der Waals surface area contributed by atoms with E-state index in [1.807, 2.05) is 20.8 Å². The van der Waals surface area contributed by atoms with E-state index in [4.69, 9.17) is 4.74 Å². The van der Waals surface area contributed by atoms with Crippen molar-refractivity contribution in [1.82, 2.24) is 0 Å². The van der Waals surface area contributed by atoms with Gasteiger partial charge in [0.15, 0.2) is 5.67 Å². The molecule has 0 aromatic heterocycles. The highest BCUT2D eigenvalue weighted by Crippen LogP contribution is 2.25. The summed E-state index contributed by atoms with van der Waals surface area (Å²) in [6, 6.07) is 0. The molecule has 2 heteroatoms. The first-order valence-corrected chi connectivity index (χ1v) is 4.18. The van der Waals surface area contributed by atoms with Crippen LogP contribution in [-0.4, -0.2) is 18.9 Å². The monoisotopic (exact) mass is 170 g/mol. The van der Waals surface area contributed by atoms with Gasteiger partial charge in [-0.25, -0.2) is 4.39 Å². The van der Waals surface area contributed by atoms with E-state index in [1.165, 1.54) is 0 Å². The Hall–Kier alpha value is -0.550. The van der Waals surface area contributed by atoms with Crippen molar-refractivity contribution < 1.29 is 9.13 Å². The van der Waals surface area contributed by atoms with Crippen molar-refractivity contribution in [2.24, 2.45) is 5.41 Å². The third kappa shape index (κ3) is 2.83. The Kier molecular flexibility index (Phi) is 2.44. The molecule has 0 aromatic carbocycles. The highest BCUT2D eigenvalue weighted by molar-refractivity contribution is 5.11. The summed E-state index contributed by atoms with van der Waals surface area (Å²) >= 11 is 0. The molecule has 68 valence electrons. The Morgan fingerprint density at radius 3 is 2.33 bits per heavy atom. The minimum Gasteiger partial charge on any atom is -0.375 e. The van der Waals surface area contributed by atoms with E-state index < -0.39 is 5.67 Å². The Morgan fingerprint density at radius 2 is 2.00 bits per heavy atom. The maximum Gasteiger partial charge on any atom is 0.168 e. The molecule has 0 saturated carbocycles. The van der Waals surface area contributed by atoms with Crippen molar-refractivity contribution in [3.8, 4) is 11.8 Å². The summed E-state index contributed by atoms with van der Waals surface area (Å²) in [5, 5.41) is 0. The van der Waals surface area contributed by atoms with Crippen molar-refractivity contribution >= 4 is 0 Å². The fourth-order valence-corrected chi connectivity index (χ4v) is 0.893. The number of alkyl halides is 1. The maximum atomic E-state index is 13.3. The molecule has 0 radical (unpaired) electrons. The van der Waals surface area contributed by atoms with Gasteiger partial charge in [-0.2, -0.15) is 0 Å². The molecule has 0 aliphatic carbocycles. The molecule has 1 saturated heterocycles. The van der Waals surface area contributed by atoms with Gasteiger partial charge in [-0.1, -0.05) is 11.8 Å². The largest absolute Gasteiger partial charge is 0.375 e. The molecule has 0 unspecified atom stereocenters. The molecule has 1 fully saturated rings. The highest BCUT2D eigenvalue weighted by Gasteiger charge is 2.37. The number of hydrogen-bond acceptors (Lipinski definition) is 1. The van der Waals surface area contributed by atoms with Gasteiger partial charge >= 0.3 is 0 Å². The van der Waals surface area contributed by atoms with Crippen LogP contribution in [0.2, 0.25) is 0 Å². The van der Waals surface area contributed by atoms with Crippen molar-refractivity contribution in [3.05, 3.63) is 0 Å². The average Bonchev–Trinajstić information content (AvgIpc) is 1.81. The third-order valence-corrected chi connectivity index (χ3v) is 1.59. The van der Waals surface area contributed by atoms with Crippen LogP contribution in [0.25, 0.3) is 0 Å². The second-order valence-corrected chi connectivity index (χ2v) is 4.37. The number of ether oxygens (including phenoxy) is 1. The fraction of sp³-hybridized carbons (Fsp3) is 0.800. The first kappa shape index (κ1) is 9.54. The van der Waals surface area contributed by atoms with E-state index in [0.29, 0.717) is 6.42 Å². The number of hydrogen-bond donors (Lipinski definition) is 0. The minimum atomic E-state index is -1.15. The van der Waals surface area contributed by atoms with Crippen LogP contribution in [0.3, 0.4) is 0 Å². The van der Waals surface area contributed by atoms with Crippen LogP contribution in [0.1, 0.15) is 27.2 Å². The zero-order chi connectivity index (χ0) is 9.24. The van der Waals surface area contributed by atoms with Crippen LogP contribution in [0.5, 0.6) is 0 Å². The van der Waals surface area contributed by atoms with Crippen LogP contribution >= 0.6 is 0 Å². The van der Waals surface area contributed by atoms with Crippen LogP contribution in [0.4, 0.5) is 4.39 Å². The zero-order valence-electron chi connectivity index (χ0n) is 7.91. The fourth-order valence-electron chi connectivity index (χ4n) is 0.893. The molecular formula is C10H15FO. The topological polar surface area (TPSA) is 9.23 Å². The second-order valence-electron chi connectivity index (χ2n) is 4.37. The Balaban J connectivity index is 2.37. The standard InChI is InChI=1S/C10H15FO/c1-9(2,3)5-4-6-10(11)7-12-8-10/h6-8H2,1-3H3. The van der Waals surface area contributed by atoms with Crippen molar-refractivity contribution in [1.29, 1.82) is 0 Å². The van der Waals surface area contributed by atoms with Crippen molar-refractivity contribution in [3.63, 3.8) is 0 Å². The summed E-state index contributed by atoms with van der Waals surface area (Å²) < 4.78 is 18.0. The molecule has 0 bridgehead atoms. The highest BCUT2D eigenvalue weighted by atomic mass is 19.1. The number of halogens is 1. The molecule has 0 N–H and O–H groups in total. The quantitative estimate of drug-likeness (QED) is 0.548. The predicted octanol–water partition coefficient (Wildman–Crippen LogP) is 2.16. The lowest BCUT2D eigenvalue weighted by atomic mass is 9.95. The van der Waals surface area contributed by atoms with Crippen LogP contribution in [0, 0.1) is 17.3 Å². The van der Waals surface area contributed by atoms with Gasteiger partial charge in [-0.15, -0.1) is 0 Å². The summed E-state index contributed by atoms with van der Waals surface area (Å²) in [5.41, 5.74) is -1.18. The minimum absolute atomic E-state index is 0.0268. The van der Waals surface area contributed by atoms with E-state index >= 15 is 0 Å². The van der Waals surface area contributed by atoms with E-state index in [0.717, 1.165) is 0 Å². The lowest BCUT2D eigenvalue weighted by Gasteiger charge is -2.31. The lowest BCUT2D eigenvalue weighted by molar-refractivity contribution is -0.126. The molecular weight excluding hydrogens is 155 g/mol. The van der Waals surface area contributed by atoms with Gasteiger partial charge in [0, 0.05) is 11.8 Å². The summed E-state index contributed by atoms with van der Waals surface area (Å²) in [6.07, 6.45) is 0.310. The van der Waals surface area contributed by atoms with Crippen LogP contribution in [-0.2, 0) is 4.74 Å². The molecule has 1 aliphatic rings. The van der Waals surface area contributed by atoms with Gasteiger partial charge in [0.1, 0.15) is 0 Å². The van der Waals surface area contributed by atoms with E-state index in [2.05, 4.69) is 11.8 Å². The van der Waals surface area contributed by atoms with Gasteiger partial charge in [-0.05, 0) is 20.8 Å². The Bertz CT molecular complexity index is 212. The molecule has 0 amide bonds. The van der Waals surface area contributed by atoms with Gasteiger partial charge in [0.25, 0.3) is 0 Å². The second kappa shape index (κ2) is 3.06. The molecule has 1 nitrogen and oxygen atoms in total. The van der Waals surface area contributed by atoms with Crippen LogP contribution < -0.4 is 0 Å². The molecule has 0 aromatic rings. The number of rotatable bonds is 1. The Labute approximate surface area is 73.3 Å². The molecule has 1 rings (SSSR count). The molecule has 1 heterocycles. The van der Waals surface area contributed by atoms with E-state index in [1.54, 1.807) is 0 Å². The van der Waals surface area contributed by atoms with Gasteiger partial charge in [0.2, 0.25) is 0 Å². The zero-order valence-corrected chi connectivity index (χ0v) is 7.91. The average molecular weight is 170 g/mol. The summed E-state index contributed by atoms with van der Waals surface area (Å²) in [6.45, 7) is 6.48. The van der Waals surface area contributed by atoms with Gasteiger partial charge in [-0.3, -0.25) is 0 Å². The maximum absolute atomic E-state index is 13.3. The predicted molar refractivity (Wildman–Crippen MR) is 46.5 cm³/mol. The normalized spacial score (nSPS) is 20.7. The summed E-state index contributed by atoms with van der Waals surface area (Å²) in [4.78, 5) is 0. The van der Waals surface area contributed by atoms with E-state index in [-0.39, 0.29) is 18.6 Å². The lowest BCUT2D eigenvalue weighted by Crippen LogP contribution is -2.45. The Morgan fingerprint density at radius 1 is 1.42 bits per heavy atom. The molecule has 1 aliphatic heterocycles.